The van der Waals surface area contributed by atoms with Gasteiger partial charge in [-0.15, -0.1) is 0 Å². The monoisotopic (exact) mass is 291 g/mol. The van der Waals surface area contributed by atoms with E-state index >= 15 is 0 Å². The largest absolute Gasteiger partial charge is 0.493 e. The summed E-state index contributed by atoms with van der Waals surface area (Å²) in [4.78, 5) is 0. The molecule has 4 nitrogen and oxygen atoms in total. The number of hydrogen-bond acceptors (Lipinski definition) is 3. The fraction of sp³-hybridized carbons (Fsp3) is 0.438. The Labute approximate surface area is 124 Å². The molecule has 1 atom stereocenters. The molecule has 0 spiro atoms. The first-order valence-electron chi connectivity index (χ1n) is 7.04. The van der Waals surface area contributed by atoms with Crippen molar-refractivity contribution < 1.29 is 9.13 Å². The number of nitrogens with one attached hydrogen (secondary N) is 1. The number of rotatable bonds is 5. The smallest absolute Gasteiger partial charge is 0.161 e. The van der Waals surface area contributed by atoms with Crippen LogP contribution in [0.2, 0.25) is 0 Å². The molecule has 1 N–H and O–H groups in total. The van der Waals surface area contributed by atoms with E-state index in [0.717, 1.165) is 5.69 Å². The van der Waals surface area contributed by atoms with Gasteiger partial charge in [0.2, 0.25) is 0 Å². The van der Waals surface area contributed by atoms with Crippen molar-refractivity contribution in [2.45, 2.75) is 32.9 Å². The molecule has 0 saturated carbocycles. The van der Waals surface area contributed by atoms with Gasteiger partial charge >= 0.3 is 0 Å². The average Bonchev–Trinajstić information content (AvgIpc) is 2.88. The average molecular weight is 291 g/mol. The summed E-state index contributed by atoms with van der Waals surface area (Å²) in [6.45, 7) is 5.84. The Morgan fingerprint density at radius 2 is 2.05 bits per heavy atom. The van der Waals surface area contributed by atoms with Crippen molar-refractivity contribution >= 4 is 0 Å². The molecule has 0 fully saturated rings. The van der Waals surface area contributed by atoms with E-state index in [-0.39, 0.29) is 17.9 Å². The lowest BCUT2D eigenvalue weighted by atomic mass is 10.00. The molecule has 2 rings (SSSR count). The molecule has 1 aromatic heterocycles. The van der Waals surface area contributed by atoms with Crippen LogP contribution in [0.1, 0.15) is 42.8 Å². The molecule has 0 bridgehead atoms. The van der Waals surface area contributed by atoms with E-state index in [9.17, 15) is 4.39 Å². The predicted octanol–water partition coefficient (Wildman–Crippen LogP) is 3.23. The van der Waals surface area contributed by atoms with Crippen LogP contribution in [0.15, 0.2) is 24.4 Å². The van der Waals surface area contributed by atoms with Crippen molar-refractivity contribution in [3.63, 3.8) is 0 Å². The van der Waals surface area contributed by atoms with Crippen molar-refractivity contribution in [2.75, 3.05) is 14.2 Å². The maximum Gasteiger partial charge on any atom is 0.161 e. The second-order valence-electron chi connectivity index (χ2n) is 5.34. The number of benzene rings is 1. The molecular formula is C16H22FN3O. The van der Waals surface area contributed by atoms with Crippen LogP contribution in [-0.4, -0.2) is 23.9 Å². The highest BCUT2D eigenvalue weighted by molar-refractivity contribution is 5.39. The van der Waals surface area contributed by atoms with Crippen LogP contribution < -0.4 is 10.1 Å². The Balaban J connectivity index is 2.61. The van der Waals surface area contributed by atoms with Crippen LogP contribution >= 0.6 is 0 Å². The molecule has 2 aromatic rings. The fourth-order valence-corrected chi connectivity index (χ4v) is 2.53. The molecule has 0 aliphatic heterocycles. The topological polar surface area (TPSA) is 39.1 Å². The minimum absolute atomic E-state index is 0.160. The van der Waals surface area contributed by atoms with Gasteiger partial charge in [-0.2, -0.15) is 5.10 Å². The summed E-state index contributed by atoms with van der Waals surface area (Å²) in [5, 5.41) is 7.54. The van der Waals surface area contributed by atoms with Crippen LogP contribution in [-0.2, 0) is 0 Å². The quantitative estimate of drug-likeness (QED) is 0.919. The van der Waals surface area contributed by atoms with Crippen molar-refractivity contribution in [3.05, 3.63) is 47.0 Å². The van der Waals surface area contributed by atoms with Crippen molar-refractivity contribution in [1.29, 1.82) is 0 Å². The summed E-state index contributed by atoms with van der Waals surface area (Å²) in [6, 6.07) is 5.27. The van der Waals surface area contributed by atoms with E-state index < -0.39 is 0 Å². The normalized spacial score (nSPS) is 12.7. The van der Waals surface area contributed by atoms with Gasteiger partial charge in [0, 0.05) is 11.6 Å². The van der Waals surface area contributed by atoms with Crippen LogP contribution in [0, 0.1) is 12.7 Å². The lowest BCUT2D eigenvalue weighted by Gasteiger charge is -2.22. The van der Waals surface area contributed by atoms with E-state index in [2.05, 4.69) is 10.4 Å². The SMILES string of the molecule is CNC(c1cccc(C)c1F)c1c(OC)cnn1C(C)C. The summed E-state index contributed by atoms with van der Waals surface area (Å²) in [5.41, 5.74) is 2.06. The van der Waals surface area contributed by atoms with E-state index in [1.165, 1.54) is 0 Å². The zero-order chi connectivity index (χ0) is 15.6. The maximum atomic E-state index is 14.5. The molecule has 1 heterocycles. The third-order valence-electron chi connectivity index (χ3n) is 3.60. The highest BCUT2D eigenvalue weighted by Gasteiger charge is 2.26. The van der Waals surface area contributed by atoms with Gasteiger partial charge < -0.3 is 10.1 Å². The maximum absolute atomic E-state index is 14.5. The molecule has 0 aliphatic rings. The molecule has 1 unspecified atom stereocenters. The van der Waals surface area contributed by atoms with Gasteiger partial charge in [-0.3, -0.25) is 4.68 Å². The highest BCUT2D eigenvalue weighted by Crippen LogP contribution is 2.33. The molecule has 0 saturated heterocycles. The van der Waals surface area contributed by atoms with E-state index in [1.807, 2.05) is 31.6 Å². The van der Waals surface area contributed by atoms with Crippen LogP contribution in [0.25, 0.3) is 0 Å². The zero-order valence-electron chi connectivity index (χ0n) is 13.1. The van der Waals surface area contributed by atoms with Gasteiger partial charge in [-0.25, -0.2) is 4.39 Å². The molecule has 21 heavy (non-hydrogen) atoms. The molecule has 0 aliphatic carbocycles. The molecule has 0 radical (unpaired) electrons. The molecule has 0 amide bonds. The lowest BCUT2D eigenvalue weighted by molar-refractivity contribution is 0.394. The number of aromatic nitrogens is 2. The van der Waals surface area contributed by atoms with E-state index in [4.69, 9.17) is 4.74 Å². The van der Waals surface area contributed by atoms with Crippen molar-refractivity contribution in [1.82, 2.24) is 15.1 Å². The lowest BCUT2D eigenvalue weighted by Crippen LogP contribution is -2.24. The van der Waals surface area contributed by atoms with E-state index in [0.29, 0.717) is 16.9 Å². The minimum Gasteiger partial charge on any atom is -0.493 e. The summed E-state index contributed by atoms with van der Waals surface area (Å²) < 4.78 is 21.8. The van der Waals surface area contributed by atoms with Crippen LogP contribution in [0.5, 0.6) is 5.75 Å². The summed E-state index contributed by atoms with van der Waals surface area (Å²) >= 11 is 0. The summed E-state index contributed by atoms with van der Waals surface area (Å²) in [6.07, 6.45) is 1.67. The second kappa shape index (κ2) is 6.26. The van der Waals surface area contributed by atoms with Gasteiger partial charge in [0.1, 0.15) is 11.5 Å². The molecular weight excluding hydrogens is 269 g/mol. The number of methoxy groups -OCH3 is 1. The zero-order valence-corrected chi connectivity index (χ0v) is 13.1. The third kappa shape index (κ3) is 2.78. The first-order valence-corrected chi connectivity index (χ1v) is 7.04. The van der Waals surface area contributed by atoms with Gasteiger partial charge in [0.15, 0.2) is 5.75 Å². The van der Waals surface area contributed by atoms with Crippen molar-refractivity contribution in [2.24, 2.45) is 0 Å². The van der Waals surface area contributed by atoms with Gasteiger partial charge in [-0.05, 0) is 33.4 Å². The van der Waals surface area contributed by atoms with Crippen molar-refractivity contribution in [3.8, 4) is 5.75 Å². The van der Waals surface area contributed by atoms with E-state index in [1.54, 1.807) is 32.4 Å². The number of halogens is 1. The Hall–Kier alpha value is -1.88. The molecule has 1 aromatic carbocycles. The van der Waals surface area contributed by atoms with Gasteiger partial charge in [-0.1, -0.05) is 18.2 Å². The summed E-state index contributed by atoms with van der Waals surface area (Å²) in [5.74, 6) is 0.458. The highest BCUT2D eigenvalue weighted by atomic mass is 19.1. The number of nitrogens with zero attached hydrogens (tertiary/aromatic N) is 2. The second-order valence-corrected chi connectivity index (χ2v) is 5.34. The predicted molar refractivity (Wildman–Crippen MR) is 81.2 cm³/mol. The summed E-state index contributed by atoms with van der Waals surface area (Å²) in [7, 11) is 3.41. The number of hydrogen-bond donors (Lipinski definition) is 1. The third-order valence-corrected chi connectivity index (χ3v) is 3.60. The van der Waals surface area contributed by atoms with Gasteiger partial charge in [0.25, 0.3) is 0 Å². The fourth-order valence-electron chi connectivity index (χ4n) is 2.53. The van der Waals surface area contributed by atoms with Crippen LogP contribution in [0.3, 0.4) is 0 Å². The first kappa shape index (κ1) is 15.5. The Morgan fingerprint density at radius 1 is 1.33 bits per heavy atom. The number of ether oxygens (including phenoxy) is 1. The molecule has 5 heteroatoms. The minimum atomic E-state index is -0.315. The molecule has 114 valence electrons. The van der Waals surface area contributed by atoms with Crippen LogP contribution in [0.4, 0.5) is 4.39 Å². The number of aryl methyl sites for hydroxylation is 1. The Morgan fingerprint density at radius 3 is 2.62 bits per heavy atom. The first-order chi connectivity index (χ1) is 10.0. The van der Waals surface area contributed by atoms with Gasteiger partial charge in [0.05, 0.1) is 19.3 Å². The Kier molecular flexibility index (Phi) is 4.63. The Bertz CT molecular complexity index is 622. The standard InChI is InChI=1S/C16H22FN3O/c1-10(2)20-16(13(21-5)9-19-20)15(18-4)12-8-6-7-11(3)14(12)17/h6-10,15,18H,1-5H3.